The van der Waals surface area contributed by atoms with Crippen LogP contribution >= 0.6 is 0 Å². The lowest BCUT2D eigenvalue weighted by atomic mass is 10.1. The summed E-state index contributed by atoms with van der Waals surface area (Å²) in [6.07, 6.45) is 2.40. The fraction of sp³-hybridized carbons (Fsp3) is 0.389. The van der Waals surface area contributed by atoms with Crippen LogP contribution in [-0.2, 0) is 0 Å². The quantitative estimate of drug-likeness (QED) is 0.870. The van der Waals surface area contributed by atoms with E-state index in [0.717, 1.165) is 6.42 Å². The van der Waals surface area contributed by atoms with E-state index >= 15 is 0 Å². The third-order valence-corrected chi connectivity index (χ3v) is 3.86. The molecule has 1 N–H and O–H groups in total. The maximum absolute atomic E-state index is 12.6. The Labute approximate surface area is 147 Å². The summed E-state index contributed by atoms with van der Waals surface area (Å²) in [4.78, 5) is 30.5. The Morgan fingerprint density at radius 3 is 2.64 bits per heavy atom. The van der Waals surface area contributed by atoms with Crippen molar-refractivity contribution in [3.8, 4) is 11.4 Å². The van der Waals surface area contributed by atoms with Crippen molar-refractivity contribution in [2.75, 3.05) is 27.7 Å². The smallest absolute Gasteiger partial charge is 0.273 e. The molecule has 0 aliphatic heterocycles. The highest BCUT2D eigenvalue weighted by molar-refractivity contribution is 5.98. The van der Waals surface area contributed by atoms with Crippen LogP contribution in [0.25, 0.3) is 5.69 Å². The second-order valence-electron chi connectivity index (χ2n) is 5.89. The molecule has 0 saturated heterocycles. The minimum Gasteiger partial charge on any atom is -0.497 e. The van der Waals surface area contributed by atoms with Gasteiger partial charge in [-0.25, -0.2) is 4.98 Å². The summed E-state index contributed by atoms with van der Waals surface area (Å²) in [7, 11) is 4.91. The summed E-state index contributed by atoms with van der Waals surface area (Å²) >= 11 is 0. The van der Waals surface area contributed by atoms with Crippen LogP contribution in [0.5, 0.6) is 5.75 Å². The highest BCUT2D eigenvalue weighted by atomic mass is 16.5. The number of methoxy groups -OCH3 is 1. The van der Waals surface area contributed by atoms with Crippen LogP contribution < -0.4 is 10.1 Å². The van der Waals surface area contributed by atoms with Crippen LogP contribution in [0.2, 0.25) is 0 Å². The van der Waals surface area contributed by atoms with Gasteiger partial charge in [-0.2, -0.15) is 0 Å². The predicted molar refractivity (Wildman–Crippen MR) is 95.5 cm³/mol. The van der Waals surface area contributed by atoms with Crippen molar-refractivity contribution in [1.29, 1.82) is 0 Å². The van der Waals surface area contributed by atoms with Crippen LogP contribution in [0.4, 0.5) is 0 Å². The first-order valence-electron chi connectivity index (χ1n) is 8.12. The summed E-state index contributed by atoms with van der Waals surface area (Å²) in [6.45, 7) is 4.39. The minimum atomic E-state index is -0.190. The van der Waals surface area contributed by atoms with Crippen molar-refractivity contribution in [3.63, 3.8) is 0 Å². The molecule has 0 aliphatic rings. The summed E-state index contributed by atoms with van der Waals surface area (Å²) < 4.78 is 6.99. The van der Waals surface area contributed by atoms with E-state index in [1.54, 1.807) is 50.3 Å². The summed E-state index contributed by atoms with van der Waals surface area (Å²) in [6, 6.07) is 5.25. The largest absolute Gasteiger partial charge is 0.497 e. The van der Waals surface area contributed by atoms with Gasteiger partial charge >= 0.3 is 0 Å². The van der Waals surface area contributed by atoms with Gasteiger partial charge in [-0.05, 0) is 31.5 Å². The van der Waals surface area contributed by atoms with Gasteiger partial charge in [0.1, 0.15) is 17.8 Å². The number of hydrogen-bond acceptors (Lipinski definition) is 4. The number of carbonyl (C=O) groups is 2. The average molecular weight is 344 g/mol. The number of imidazole rings is 1. The van der Waals surface area contributed by atoms with E-state index in [4.69, 9.17) is 4.74 Å². The van der Waals surface area contributed by atoms with E-state index < -0.39 is 0 Å². The van der Waals surface area contributed by atoms with Gasteiger partial charge in [0, 0.05) is 20.6 Å². The van der Waals surface area contributed by atoms with Gasteiger partial charge < -0.3 is 19.5 Å². The number of nitrogens with one attached hydrogen (secondary N) is 1. The SMILES string of the molecule is CCCNC(=O)c1cc(OC)ccc1-n1cnc(C(=O)N(C)C)c1C. The third kappa shape index (κ3) is 3.81. The van der Waals surface area contributed by atoms with Crippen molar-refractivity contribution in [3.05, 3.63) is 41.5 Å². The number of rotatable bonds is 6. The molecule has 2 amide bonds. The van der Waals surface area contributed by atoms with Crippen LogP contribution in [-0.4, -0.2) is 54.0 Å². The molecular weight excluding hydrogens is 320 g/mol. The number of amides is 2. The van der Waals surface area contributed by atoms with Gasteiger partial charge in [-0.15, -0.1) is 0 Å². The van der Waals surface area contributed by atoms with E-state index in [1.807, 2.05) is 13.8 Å². The minimum absolute atomic E-state index is 0.179. The first-order valence-corrected chi connectivity index (χ1v) is 8.12. The van der Waals surface area contributed by atoms with Crippen LogP contribution in [0, 0.1) is 6.92 Å². The lowest BCUT2D eigenvalue weighted by Crippen LogP contribution is -2.25. The molecule has 0 radical (unpaired) electrons. The maximum atomic E-state index is 12.6. The molecule has 7 heteroatoms. The Kier molecular flexibility index (Phi) is 5.80. The molecule has 0 saturated carbocycles. The molecule has 1 aromatic carbocycles. The third-order valence-electron chi connectivity index (χ3n) is 3.86. The lowest BCUT2D eigenvalue weighted by Gasteiger charge is -2.14. The molecule has 0 aliphatic carbocycles. The second-order valence-corrected chi connectivity index (χ2v) is 5.89. The Bertz CT molecular complexity index is 781. The zero-order valence-electron chi connectivity index (χ0n) is 15.3. The maximum Gasteiger partial charge on any atom is 0.273 e. The number of hydrogen-bond donors (Lipinski definition) is 1. The normalized spacial score (nSPS) is 10.4. The van der Waals surface area contributed by atoms with Crippen molar-refractivity contribution in [2.24, 2.45) is 0 Å². The van der Waals surface area contributed by atoms with Gasteiger partial charge in [-0.3, -0.25) is 9.59 Å². The van der Waals surface area contributed by atoms with E-state index in [9.17, 15) is 9.59 Å². The zero-order valence-corrected chi connectivity index (χ0v) is 15.3. The van der Waals surface area contributed by atoms with E-state index in [0.29, 0.717) is 34.9 Å². The number of benzene rings is 1. The molecule has 1 aromatic heterocycles. The molecule has 2 aromatic rings. The van der Waals surface area contributed by atoms with Crippen LogP contribution in [0.1, 0.15) is 39.9 Å². The molecular formula is C18H24N4O3. The molecule has 25 heavy (non-hydrogen) atoms. The number of aromatic nitrogens is 2. The van der Waals surface area contributed by atoms with Crippen molar-refractivity contribution in [2.45, 2.75) is 20.3 Å². The van der Waals surface area contributed by atoms with Crippen LogP contribution in [0.15, 0.2) is 24.5 Å². The Morgan fingerprint density at radius 2 is 2.04 bits per heavy atom. The lowest BCUT2D eigenvalue weighted by molar-refractivity contribution is 0.0821. The molecule has 0 fully saturated rings. The molecule has 0 bridgehead atoms. The fourth-order valence-corrected chi connectivity index (χ4v) is 2.44. The topological polar surface area (TPSA) is 76.5 Å². The summed E-state index contributed by atoms with van der Waals surface area (Å²) in [5, 5.41) is 2.87. The van der Waals surface area contributed by atoms with E-state index in [2.05, 4.69) is 10.3 Å². The molecule has 0 atom stereocenters. The van der Waals surface area contributed by atoms with E-state index in [-0.39, 0.29) is 11.8 Å². The average Bonchev–Trinajstić information content (AvgIpc) is 2.99. The van der Waals surface area contributed by atoms with E-state index in [1.165, 1.54) is 4.90 Å². The number of carbonyl (C=O) groups excluding carboxylic acids is 2. The van der Waals surface area contributed by atoms with Crippen molar-refractivity contribution in [1.82, 2.24) is 19.8 Å². The Hall–Kier alpha value is -2.83. The zero-order chi connectivity index (χ0) is 18.6. The van der Waals surface area contributed by atoms with Crippen LogP contribution in [0.3, 0.4) is 0 Å². The molecule has 134 valence electrons. The number of nitrogens with zero attached hydrogens (tertiary/aromatic N) is 3. The standard InChI is InChI=1S/C18H24N4O3/c1-6-9-19-17(23)14-10-13(25-5)7-8-15(14)22-11-20-16(12(22)2)18(24)21(3)4/h7-8,10-11H,6,9H2,1-5H3,(H,19,23). The molecule has 0 unspecified atom stereocenters. The second kappa shape index (κ2) is 7.83. The van der Waals surface area contributed by atoms with Gasteiger partial charge in [0.15, 0.2) is 0 Å². The van der Waals surface area contributed by atoms with Gasteiger partial charge in [0.2, 0.25) is 0 Å². The number of ether oxygens (including phenoxy) is 1. The highest BCUT2D eigenvalue weighted by Gasteiger charge is 2.20. The summed E-state index contributed by atoms with van der Waals surface area (Å²) in [5.41, 5.74) is 2.16. The fourth-order valence-electron chi connectivity index (χ4n) is 2.44. The summed E-state index contributed by atoms with van der Waals surface area (Å²) in [5.74, 6) is 0.221. The predicted octanol–water partition coefficient (Wildman–Crippen LogP) is 2.03. The molecule has 7 nitrogen and oxygen atoms in total. The first kappa shape index (κ1) is 18.5. The van der Waals surface area contributed by atoms with Crippen molar-refractivity contribution >= 4 is 11.8 Å². The molecule has 0 spiro atoms. The van der Waals surface area contributed by atoms with Gasteiger partial charge in [0.25, 0.3) is 11.8 Å². The van der Waals surface area contributed by atoms with Crippen molar-refractivity contribution < 1.29 is 14.3 Å². The highest BCUT2D eigenvalue weighted by Crippen LogP contribution is 2.24. The van der Waals surface area contributed by atoms with Gasteiger partial charge in [0.05, 0.1) is 24.1 Å². The first-order chi connectivity index (χ1) is 11.9. The Morgan fingerprint density at radius 1 is 1.32 bits per heavy atom. The van der Waals surface area contributed by atoms with Gasteiger partial charge in [-0.1, -0.05) is 6.92 Å². The monoisotopic (exact) mass is 344 g/mol. The molecule has 1 heterocycles. The Balaban J connectivity index is 2.52. The molecule has 2 rings (SSSR count).